The number of hydrogen-bond acceptors (Lipinski definition) is 3. The predicted molar refractivity (Wildman–Crippen MR) is 67.8 cm³/mol. The van der Waals surface area contributed by atoms with Crippen molar-refractivity contribution in [3.63, 3.8) is 0 Å². The smallest absolute Gasteiger partial charge is 0.145 e. The minimum absolute atomic E-state index is 0.401. The van der Waals surface area contributed by atoms with Crippen LogP contribution in [0.3, 0.4) is 0 Å². The van der Waals surface area contributed by atoms with Gasteiger partial charge in [0, 0.05) is 17.8 Å². The van der Waals surface area contributed by atoms with Crippen molar-refractivity contribution >= 4 is 0 Å². The average Bonchev–Trinajstić information content (AvgIpc) is 2.94. The van der Waals surface area contributed by atoms with Crippen molar-refractivity contribution in [3.05, 3.63) is 23.8 Å². The van der Waals surface area contributed by atoms with Gasteiger partial charge in [-0.05, 0) is 38.3 Å². The van der Waals surface area contributed by atoms with Crippen LogP contribution in [0.2, 0.25) is 0 Å². The standard InChI is InChI=1S/C14H21N3/c1-2-5-11(6-3-1)12-8-10-16-14(17-12)13-7-4-9-15-13/h8,10-11,13,15H,1-7,9H2. The van der Waals surface area contributed by atoms with Gasteiger partial charge in [0.1, 0.15) is 5.82 Å². The van der Waals surface area contributed by atoms with Gasteiger partial charge in [0.15, 0.2) is 0 Å². The van der Waals surface area contributed by atoms with Crippen LogP contribution in [0, 0.1) is 0 Å². The summed E-state index contributed by atoms with van der Waals surface area (Å²) < 4.78 is 0. The predicted octanol–water partition coefficient (Wildman–Crippen LogP) is 2.95. The molecule has 92 valence electrons. The van der Waals surface area contributed by atoms with Crippen molar-refractivity contribution in [2.24, 2.45) is 0 Å². The summed E-state index contributed by atoms with van der Waals surface area (Å²) >= 11 is 0. The number of aromatic nitrogens is 2. The van der Waals surface area contributed by atoms with E-state index in [-0.39, 0.29) is 0 Å². The Kier molecular flexibility index (Phi) is 3.36. The number of nitrogens with zero attached hydrogens (tertiary/aromatic N) is 2. The van der Waals surface area contributed by atoms with Crippen LogP contribution >= 0.6 is 0 Å². The SMILES string of the molecule is c1cc(C2CCCCC2)nc(C2CCCN2)n1. The normalized spacial score (nSPS) is 26.2. The van der Waals surface area contributed by atoms with Crippen LogP contribution in [0.25, 0.3) is 0 Å². The summed E-state index contributed by atoms with van der Waals surface area (Å²) in [6.45, 7) is 1.11. The highest BCUT2D eigenvalue weighted by molar-refractivity contribution is 5.11. The first kappa shape index (κ1) is 11.1. The lowest BCUT2D eigenvalue weighted by Crippen LogP contribution is -2.17. The Hall–Kier alpha value is -0.960. The van der Waals surface area contributed by atoms with E-state index in [1.807, 2.05) is 6.20 Å². The Balaban J connectivity index is 1.77. The van der Waals surface area contributed by atoms with E-state index in [4.69, 9.17) is 4.98 Å². The van der Waals surface area contributed by atoms with Gasteiger partial charge >= 0.3 is 0 Å². The first-order valence-electron chi connectivity index (χ1n) is 7.00. The van der Waals surface area contributed by atoms with E-state index in [2.05, 4.69) is 16.4 Å². The van der Waals surface area contributed by atoms with Crippen molar-refractivity contribution in [1.82, 2.24) is 15.3 Å². The topological polar surface area (TPSA) is 37.8 Å². The van der Waals surface area contributed by atoms with Crippen LogP contribution in [-0.4, -0.2) is 16.5 Å². The van der Waals surface area contributed by atoms with Crippen molar-refractivity contribution in [1.29, 1.82) is 0 Å². The third-order valence-corrected chi connectivity index (χ3v) is 4.09. The first-order valence-corrected chi connectivity index (χ1v) is 7.00. The quantitative estimate of drug-likeness (QED) is 0.850. The molecule has 3 heteroatoms. The Labute approximate surface area is 103 Å². The Morgan fingerprint density at radius 3 is 2.71 bits per heavy atom. The van der Waals surface area contributed by atoms with Crippen LogP contribution in [-0.2, 0) is 0 Å². The van der Waals surface area contributed by atoms with E-state index in [1.54, 1.807) is 0 Å². The molecule has 3 nitrogen and oxygen atoms in total. The Morgan fingerprint density at radius 1 is 1.06 bits per heavy atom. The van der Waals surface area contributed by atoms with E-state index in [0.29, 0.717) is 12.0 Å². The summed E-state index contributed by atoms with van der Waals surface area (Å²) in [5.74, 6) is 1.71. The van der Waals surface area contributed by atoms with Gasteiger partial charge in [-0.1, -0.05) is 19.3 Å². The highest BCUT2D eigenvalue weighted by Crippen LogP contribution is 2.32. The molecule has 1 N–H and O–H groups in total. The Morgan fingerprint density at radius 2 is 1.94 bits per heavy atom. The number of hydrogen-bond donors (Lipinski definition) is 1. The number of rotatable bonds is 2. The average molecular weight is 231 g/mol. The molecule has 17 heavy (non-hydrogen) atoms. The molecule has 1 aliphatic heterocycles. The van der Waals surface area contributed by atoms with Gasteiger partial charge in [-0.25, -0.2) is 9.97 Å². The lowest BCUT2D eigenvalue weighted by molar-refractivity contribution is 0.433. The second-order valence-corrected chi connectivity index (χ2v) is 5.32. The summed E-state index contributed by atoms with van der Waals surface area (Å²) in [5.41, 5.74) is 1.28. The molecule has 1 unspecified atom stereocenters. The summed E-state index contributed by atoms with van der Waals surface area (Å²) in [6.07, 6.45) is 11.2. The fourth-order valence-electron chi connectivity index (χ4n) is 3.09. The van der Waals surface area contributed by atoms with E-state index >= 15 is 0 Å². The van der Waals surface area contributed by atoms with E-state index in [0.717, 1.165) is 12.4 Å². The molecule has 1 aromatic rings. The molecule has 0 aromatic carbocycles. The van der Waals surface area contributed by atoms with Gasteiger partial charge in [-0.3, -0.25) is 0 Å². The molecule has 0 radical (unpaired) electrons. The van der Waals surface area contributed by atoms with Crippen molar-refractivity contribution in [2.45, 2.75) is 56.9 Å². The fourth-order valence-corrected chi connectivity index (χ4v) is 3.09. The van der Waals surface area contributed by atoms with E-state index < -0.39 is 0 Å². The van der Waals surface area contributed by atoms with Crippen molar-refractivity contribution in [3.8, 4) is 0 Å². The first-order chi connectivity index (χ1) is 8.43. The van der Waals surface area contributed by atoms with Crippen LogP contribution in [0.15, 0.2) is 12.3 Å². The number of nitrogens with one attached hydrogen (secondary N) is 1. The van der Waals surface area contributed by atoms with Crippen molar-refractivity contribution < 1.29 is 0 Å². The zero-order chi connectivity index (χ0) is 11.5. The third-order valence-electron chi connectivity index (χ3n) is 4.09. The second-order valence-electron chi connectivity index (χ2n) is 5.32. The van der Waals surface area contributed by atoms with Crippen LogP contribution in [0.4, 0.5) is 0 Å². The fraction of sp³-hybridized carbons (Fsp3) is 0.714. The summed E-state index contributed by atoms with van der Waals surface area (Å²) in [4.78, 5) is 9.25. The molecular formula is C14H21N3. The van der Waals surface area contributed by atoms with Gasteiger partial charge in [0.05, 0.1) is 6.04 Å². The molecule has 3 rings (SSSR count). The second kappa shape index (κ2) is 5.13. The molecule has 2 fully saturated rings. The van der Waals surface area contributed by atoms with E-state index in [1.165, 1.54) is 50.6 Å². The van der Waals surface area contributed by atoms with Crippen LogP contribution in [0.1, 0.15) is 68.4 Å². The molecular weight excluding hydrogens is 210 g/mol. The highest BCUT2D eigenvalue weighted by Gasteiger charge is 2.21. The van der Waals surface area contributed by atoms with Gasteiger partial charge in [0.25, 0.3) is 0 Å². The summed E-state index contributed by atoms with van der Waals surface area (Å²) in [7, 11) is 0. The molecule has 1 aromatic heterocycles. The summed E-state index contributed by atoms with van der Waals surface area (Å²) in [6, 6.07) is 2.52. The van der Waals surface area contributed by atoms with Gasteiger partial charge < -0.3 is 5.32 Å². The molecule has 0 amide bonds. The molecule has 1 atom stereocenters. The molecule has 2 aliphatic rings. The van der Waals surface area contributed by atoms with Gasteiger partial charge in [0.2, 0.25) is 0 Å². The Bertz CT molecular complexity index is 365. The lowest BCUT2D eigenvalue weighted by atomic mass is 9.87. The molecule has 2 heterocycles. The zero-order valence-electron chi connectivity index (χ0n) is 10.4. The molecule has 1 saturated heterocycles. The van der Waals surface area contributed by atoms with Crippen LogP contribution < -0.4 is 5.32 Å². The molecule has 1 aliphatic carbocycles. The lowest BCUT2D eigenvalue weighted by Gasteiger charge is -2.21. The maximum atomic E-state index is 4.80. The minimum atomic E-state index is 0.401. The maximum absolute atomic E-state index is 4.80. The minimum Gasteiger partial charge on any atom is -0.307 e. The van der Waals surface area contributed by atoms with Gasteiger partial charge in [-0.15, -0.1) is 0 Å². The zero-order valence-corrected chi connectivity index (χ0v) is 10.4. The van der Waals surface area contributed by atoms with Crippen molar-refractivity contribution in [2.75, 3.05) is 6.54 Å². The molecule has 1 saturated carbocycles. The summed E-state index contributed by atoms with van der Waals surface area (Å²) in [5, 5.41) is 3.48. The monoisotopic (exact) mass is 231 g/mol. The highest BCUT2D eigenvalue weighted by atomic mass is 15.0. The third kappa shape index (κ3) is 2.49. The largest absolute Gasteiger partial charge is 0.307 e. The molecule has 0 spiro atoms. The maximum Gasteiger partial charge on any atom is 0.145 e. The van der Waals surface area contributed by atoms with E-state index in [9.17, 15) is 0 Å². The van der Waals surface area contributed by atoms with Crippen LogP contribution in [0.5, 0.6) is 0 Å². The molecule has 0 bridgehead atoms. The van der Waals surface area contributed by atoms with Gasteiger partial charge in [-0.2, -0.15) is 0 Å².